The number of nitrogens with zero attached hydrogens (tertiary/aromatic N) is 3. The van der Waals surface area contributed by atoms with Crippen LogP contribution in [0.1, 0.15) is 31.7 Å². The highest BCUT2D eigenvalue weighted by Gasteiger charge is 2.33. The lowest BCUT2D eigenvalue weighted by Gasteiger charge is -2.11. The van der Waals surface area contributed by atoms with Gasteiger partial charge in [-0.25, -0.2) is 9.50 Å². The molecule has 0 atom stereocenters. The van der Waals surface area contributed by atoms with Gasteiger partial charge in [-0.3, -0.25) is 0 Å². The van der Waals surface area contributed by atoms with Crippen molar-refractivity contribution in [3.8, 4) is 0 Å². The van der Waals surface area contributed by atoms with Crippen LogP contribution in [-0.2, 0) is 12.6 Å². The van der Waals surface area contributed by atoms with Gasteiger partial charge in [-0.1, -0.05) is 13.8 Å². The predicted molar refractivity (Wildman–Crippen MR) is 61.1 cm³/mol. The normalized spacial score (nSPS) is 12.6. The van der Waals surface area contributed by atoms with Crippen molar-refractivity contribution >= 4 is 5.65 Å². The molecule has 0 aliphatic heterocycles. The van der Waals surface area contributed by atoms with Gasteiger partial charge >= 0.3 is 6.18 Å². The summed E-state index contributed by atoms with van der Waals surface area (Å²) in [6, 6.07) is 2.57. The minimum atomic E-state index is -4.42. The molecule has 0 unspecified atom stereocenters. The van der Waals surface area contributed by atoms with E-state index in [4.69, 9.17) is 0 Å². The SMILES string of the molecule is CC(C)CCc1cc(C(F)(F)F)nc2ccnn12. The van der Waals surface area contributed by atoms with Crippen molar-refractivity contribution in [2.75, 3.05) is 0 Å². The molecule has 0 saturated heterocycles. The molecule has 98 valence electrons. The van der Waals surface area contributed by atoms with Crippen LogP contribution < -0.4 is 0 Å². The second-order valence-electron chi connectivity index (χ2n) is 4.66. The molecule has 0 amide bonds. The number of halogens is 3. The zero-order valence-corrected chi connectivity index (χ0v) is 10.2. The summed E-state index contributed by atoms with van der Waals surface area (Å²) in [6.07, 6.45) is -1.59. The third kappa shape index (κ3) is 2.63. The monoisotopic (exact) mass is 257 g/mol. The molecule has 2 aromatic rings. The Morgan fingerprint density at radius 1 is 1.33 bits per heavy atom. The molecule has 0 fully saturated rings. The number of rotatable bonds is 3. The molecule has 0 aliphatic carbocycles. The van der Waals surface area contributed by atoms with E-state index in [-0.39, 0.29) is 5.65 Å². The van der Waals surface area contributed by atoms with Crippen molar-refractivity contribution in [1.29, 1.82) is 0 Å². The van der Waals surface area contributed by atoms with E-state index in [1.807, 2.05) is 13.8 Å². The highest BCUT2D eigenvalue weighted by molar-refractivity contribution is 5.39. The van der Waals surface area contributed by atoms with Gasteiger partial charge in [0.1, 0.15) is 5.69 Å². The van der Waals surface area contributed by atoms with Crippen molar-refractivity contribution < 1.29 is 13.2 Å². The van der Waals surface area contributed by atoms with Crippen LogP contribution in [0.25, 0.3) is 5.65 Å². The molecule has 0 radical (unpaired) electrons. The van der Waals surface area contributed by atoms with Crippen LogP contribution in [0.15, 0.2) is 18.3 Å². The Morgan fingerprint density at radius 2 is 2.06 bits per heavy atom. The van der Waals surface area contributed by atoms with E-state index in [1.54, 1.807) is 0 Å². The second kappa shape index (κ2) is 4.59. The number of aromatic nitrogens is 3. The van der Waals surface area contributed by atoms with Gasteiger partial charge in [-0.15, -0.1) is 0 Å². The molecule has 3 nitrogen and oxygen atoms in total. The fourth-order valence-electron chi connectivity index (χ4n) is 1.74. The summed E-state index contributed by atoms with van der Waals surface area (Å²) in [6.45, 7) is 4.07. The molecule has 0 saturated carbocycles. The number of aryl methyl sites for hydroxylation is 1. The summed E-state index contributed by atoms with van der Waals surface area (Å²) in [4.78, 5) is 3.57. The fourth-order valence-corrected chi connectivity index (χ4v) is 1.74. The van der Waals surface area contributed by atoms with E-state index in [2.05, 4.69) is 10.1 Å². The number of hydrogen-bond donors (Lipinski definition) is 0. The van der Waals surface area contributed by atoms with Crippen molar-refractivity contribution in [1.82, 2.24) is 14.6 Å². The topological polar surface area (TPSA) is 30.2 Å². The molecule has 2 heterocycles. The van der Waals surface area contributed by atoms with Gasteiger partial charge in [0.15, 0.2) is 5.65 Å². The molecule has 6 heteroatoms. The maximum atomic E-state index is 12.7. The summed E-state index contributed by atoms with van der Waals surface area (Å²) in [5.74, 6) is 0.429. The molecule has 0 bridgehead atoms. The van der Waals surface area contributed by atoms with E-state index < -0.39 is 11.9 Å². The molecular formula is C12H14F3N3. The third-order valence-corrected chi connectivity index (χ3v) is 2.70. The van der Waals surface area contributed by atoms with Crippen molar-refractivity contribution in [2.24, 2.45) is 5.92 Å². The van der Waals surface area contributed by atoms with Crippen LogP contribution in [0.2, 0.25) is 0 Å². The third-order valence-electron chi connectivity index (χ3n) is 2.70. The van der Waals surface area contributed by atoms with Crippen LogP contribution in [0, 0.1) is 5.92 Å². The van der Waals surface area contributed by atoms with Gasteiger partial charge < -0.3 is 0 Å². The Kier molecular flexibility index (Phi) is 3.28. The molecule has 0 aliphatic rings. The fraction of sp³-hybridized carbons (Fsp3) is 0.500. The first-order valence-electron chi connectivity index (χ1n) is 5.79. The van der Waals surface area contributed by atoms with E-state index in [1.165, 1.54) is 16.8 Å². The molecule has 0 N–H and O–H groups in total. The summed E-state index contributed by atoms with van der Waals surface area (Å²) < 4.78 is 39.6. The molecule has 0 aromatic carbocycles. The second-order valence-corrected chi connectivity index (χ2v) is 4.66. The van der Waals surface area contributed by atoms with Gasteiger partial charge in [0, 0.05) is 11.8 Å². The average Bonchev–Trinajstić information content (AvgIpc) is 2.72. The predicted octanol–water partition coefficient (Wildman–Crippen LogP) is 3.34. The van der Waals surface area contributed by atoms with Crippen molar-refractivity contribution in [2.45, 2.75) is 32.9 Å². The summed E-state index contributed by atoms with van der Waals surface area (Å²) in [5.41, 5.74) is -0.0659. The van der Waals surface area contributed by atoms with Gasteiger partial charge in [-0.05, 0) is 24.8 Å². The van der Waals surface area contributed by atoms with E-state index in [0.717, 1.165) is 12.5 Å². The van der Waals surface area contributed by atoms with Crippen LogP contribution in [0.4, 0.5) is 13.2 Å². The molecule has 2 aromatic heterocycles. The lowest BCUT2D eigenvalue weighted by Crippen LogP contribution is -2.12. The van der Waals surface area contributed by atoms with Gasteiger partial charge in [0.05, 0.1) is 6.20 Å². The lowest BCUT2D eigenvalue weighted by atomic mass is 10.1. The van der Waals surface area contributed by atoms with E-state index >= 15 is 0 Å². The maximum Gasteiger partial charge on any atom is 0.433 e. The van der Waals surface area contributed by atoms with Gasteiger partial charge in [0.25, 0.3) is 0 Å². The Bertz CT molecular complexity index is 543. The minimum Gasteiger partial charge on any atom is -0.224 e. The summed E-state index contributed by atoms with van der Waals surface area (Å²) in [5, 5.41) is 4.01. The lowest BCUT2D eigenvalue weighted by molar-refractivity contribution is -0.141. The molecule has 18 heavy (non-hydrogen) atoms. The average molecular weight is 257 g/mol. The zero-order valence-electron chi connectivity index (χ0n) is 10.2. The Hall–Kier alpha value is -1.59. The van der Waals surface area contributed by atoms with E-state index in [0.29, 0.717) is 18.0 Å². The highest BCUT2D eigenvalue weighted by atomic mass is 19.4. The number of hydrogen-bond acceptors (Lipinski definition) is 2. The molecule has 2 rings (SSSR count). The van der Waals surface area contributed by atoms with Gasteiger partial charge in [0.2, 0.25) is 0 Å². The first kappa shape index (κ1) is 12.9. The Balaban J connectivity index is 2.45. The number of fused-ring (bicyclic) bond motifs is 1. The maximum absolute atomic E-state index is 12.7. The highest BCUT2D eigenvalue weighted by Crippen LogP contribution is 2.29. The summed E-state index contributed by atoms with van der Waals surface area (Å²) in [7, 11) is 0. The largest absolute Gasteiger partial charge is 0.433 e. The minimum absolute atomic E-state index is 0.239. The van der Waals surface area contributed by atoms with Crippen molar-refractivity contribution in [3.63, 3.8) is 0 Å². The quantitative estimate of drug-likeness (QED) is 0.844. The van der Waals surface area contributed by atoms with Crippen LogP contribution in [0.5, 0.6) is 0 Å². The van der Waals surface area contributed by atoms with Crippen molar-refractivity contribution in [3.05, 3.63) is 29.7 Å². The summed E-state index contributed by atoms with van der Waals surface area (Å²) >= 11 is 0. The standard InChI is InChI=1S/C12H14F3N3/c1-8(2)3-4-9-7-10(12(13,14)15)17-11-5-6-16-18(9)11/h5-8H,3-4H2,1-2H3. The number of alkyl halides is 3. The van der Waals surface area contributed by atoms with Gasteiger partial charge in [-0.2, -0.15) is 18.3 Å². The first-order chi connectivity index (χ1) is 8.38. The Labute approximate surface area is 103 Å². The smallest absolute Gasteiger partial charge is 0.224 e. The van der Waals surface area contributed by atoms with E-state index in [9.17, 15) is 13.2 Å². The zero-order chi connectivity index (χ0) is 13.3. The van der Waals surface area contributed by atoms with Crippen LogP contribution in [0.3, 0.4) is 0 Å². The molecular weight excluding hydrogens is 243 g/mol. The Morgan fingerprint density at radius 3 is 2.67 bits per heavy atom. The molecule has 0 spiro atoms. The first-order valence-corrected chi connectivity index (χ1v) is 5.79. The van der Waals surface area contributed by atoms with Crippen LogP contribution in [-0.4, -0.2) is 14.6 Å². The van der Waals surface area contributed by atoms with Crippen LogP contribution >= 0.6 is 0 Å².